The highest BCUT2D eigenvalue weighted by molar-refractivity contribution is 5.05. The Balaban J connectivity index is 1.87. The van der Waals surface area contributed by atoms with E-state index in [0.29, 0.717) is 5.54 Å². The molecule has 3 aliphatic rings. The average Bonchev–Trinajstić information content (AvgIpc) is 2.90. The zero-order valence-corrected chi connectivity index (χ0v) is 12.9. The van der Waals surface area contributed by atoms with Crippen LogP contribution < -0.4 is 5.73 Å². The molecular weight excluding hydrogens is 232 g/mol. The molecule has 1 aliphatic heterocycles. The number of nitrogens with two attached hydrogens (primary N) is 1. The lowest BCUT2D eigenvalue weighted by molar-refractivity contribution is -0.0587. The fraction of sp³-hybridized carbons (Fsp3) is 1.00. The molecular formula is C17H32N2. The van der Waals surface area contributed by atoms with Crippen molar-refractivity contribution in [2.75, 3.05) is 13.1 Å². The minimum atomic E-state index is 0.325. The van der Waals surface area contributed by atoms with Gasteiger partial charge >= 0.3 is 0 Å². The van der Waals surface area contributed by atoms with Gasteiger partial charge in [-0.25, -0.2) is 0 Å². The van der Waals surface area contributed by atoms with Gasteiger partial charge < -0.3 is 5.73 Å². The molecule has 5 unspecified atom stereocenters. The standard InChI is InChI=1S/C17H32N2/c1-13-8-9-14(2)17(11-13,12-18)19-10-4-6-15-5-3-7-16(15)19/h13-16H,3-12,18H2,1-2H3. The van der Waals surface area contributed by atoms with E-state index in [0.717, 1.165) is 30.3 Å². The van der Waals surface area contributed by atoms with Gasteiger partial charge in [-0.1, -0.05) is 26.7 Å². The molecule has 0 radical (unpaired) electrons. The van der Waals surface area contributed by atoms with Crippen LogP contribution in [0.4, 0.5) is 0 Å². The first-order chi connectivity index (χ1) is 9.17. The van der Waals surface area contributed by atoms with Crippen LogP contribution in [0.15, 0.2) is 0 Å². The summed E-state index contributed by atoms with van der Waals surface area (Å²) >= 11 is 0. The van der Waals surface area contributed by atoms with Gasteiger partial charge in [0, 0.05) is 18.1 Å². The molecule has 0 spiro atoms. The van der Waals surface area contributed by atoms with Crippen LogP contribution >= 0.6 is 0 Å². The summed E-state index contributed by atoms with van der Waals surface area (Å²) in [5.41, 5.74) is 6.69. The van der Waals surface area contributed by atoms with Gasteiger partial charge in [-0.05, 0) is 62.8 Å². The maximum Gasteiger partial charge on any atom is 0.0362 e. The molecule has 1 saturated heterocycles. The summed E-state index contributed by atoms with van der Waals surface area (Å²) in [6.45, 7) is 7.10. The summed E-state index contributed by atoms with van der Waals surface area (Å²) in [6.07, 6.45) is 11.4. The molecule has 0 bridgehead atoms. The number of likely N-dealkylation sites (tertiary alicyclic amines) is 1. The first-order valence-electron chi connectivity index (χ1n) is 8.64. The van der Waals surface area contributed by atoms with E-state index < -0.39 is 0 Å². The molecule has 0 aromatic carbocycles. The fourth-order valence-corrected chi connectivity index (χ4v) is 5.52. The van der Waals surface area contributed by atoms with Crippen LogP contribution in [0.1, 0.15) is 65.2 Å². The van der Waals surface area contributed by atoms with Gasteiger partial charge in [-0.3, -0.25) is 4.90 Å². The van der Waals surface area contributed by atoms with Crippen molar-refractivity contribution in [2.24, 2.45) is 23.5 Å². The van der Waals surface area contributed by atoms with Crippen LogP contribution in [0.5, 0.6) is 0 Å². The number of fused-ring (bicyclic) bond motifs is 1. The largest absolute Gasteiger partial charge is 0.329 e. The molecule has 110 valence electrons. The Hall–Kier alpha value is -0.0800. The number of hydrogen-bond acceptors (Lipinski definition) is 2. The summed E-state index contributed by atoms with van der Waals surface area (Å²) in [5.74, 6) is 2.64. The Labute approximate surface area is 119 Å². The van der Waals surface area contributed by atoms with Gasteiger partial charge in [-0.15, -0.1) is 0 Å². The Morgan fingerprint density at radius 3 is 2.63 bits per heavy atom. The highest BCUT2D eigenvalue weighted by Crippen LogP contribution is 2.47. The average molecular weight is 264 g/mol. The van der Waals surface area contributed by atoms with Crippen LogP contribution in [0.3, 0.4) is 0 Å². The smallest absolute Gasteiger partial charge is 0.0362 e. The second-order valence-electron chi connectivity index (χ2n) is 7.69. The molecule has 3 rings (SSSR count). The fourth-order valence-electron chi connectivity index (χ4n) is 5.52. The third kappa shape index (κ3) is 2.25. The molecule has 0 aromatic rings. The third-order valence-electron chi connectivity index (χ3n) is 6.63. The van der Waals surface area contributed by atoms with Gasteiger partial charge in [0.15, 0.2) is 0 Å². The monoisotopic (exact) mass is 264 g/mol. The molecule has 1 heterocycles. The van der Waals surface area contributed by atoms with E-state index in [1.165, 1.54) is 57.9 Å². The highest BCUT2D eigenvalue weighted by atomic mass is 15.3. The summed E-state index contributed by atoms with van der Waals surface area (Å²) in [5, 5.41) is 0. The first-order valence-corrected chi connectivity index (χ1v) is 8.64. The lowest BCUT2D eigenvalue weighted by Crippen LogP contribution is -2.65. The summed E-state index contributed by atoms with van der Waals surface area (Å²) in [6, 6.07) is 0.866. The SMILES string of the molecule is CC1CCC(C)C(CN)(N2CCCC3CCCC32)C1. The topological polar surface area (TPSA) is 29.3 Å². The maximum atomic E-state index is 6.36. The molecule has 3 fully saturated rings. The van der Waals surface area contributed by atoms with Gasteiger partial charge in [0.2, 0.25) is 0 Å². The number of nitrogens with zero attached hydrogens (tertiary/aromatic N) is 1. The van der Waals surface area contributed by atoms with Gasteiger partial charge in [0.05, 0.1) is 0 Å². The zero-order valence-electron chi connectivity index (χ0n) is 12.9. The summed E-state index contributed by atoms with van der Waals surface area (Å²) < 4.78 is 0. The predicted octanol–water partition coefficient (Wildman–Crippen LogP) is 3.40. The second-order valence-corrected chi connectivity index (χ2v) is 7.69. The van der Waals surface area contributed by atoms with E-state index in [1.54, 1.807) is 0 Å². The quantitative estimate of drug-likeness (QED) is 0.828. The highest BCUT2D eigenvalue weighted by Gasteiger charge is 2.49. The number of hydrogen-bond donors (Lipinski definition) is 1. The predicted molar refractivity (Wildman–Crippen MR) is 81.0 cm³/mol. The number of rotatable bonds is 2. The van der Waals surface area contributed by atoms with E-state index in [-0.39, 0.29) is 0 Å². The minimum absolute atomic E-state index is 0.325. The maximum absolute atomic E-state index is 6.36. The molecule has 0 aromatic heterocycles. The zero-order chi connectivity index (χ0) is 13.5. The van der Waals surface area contributed by atoms with Crippen LogP contribution in [0.25, 0.3) is 0 Å². The first kappa shape index (κ1) is 13.9. The van der Waals surface area contributed by atoms with Gasteiger partial charge in [0.25, 0.3) is 0 Å². The molecule has 2 nitrogen and oxygen atoms in total. The van der Waals surface area contributed by atoms with Crippen molar-refractivity contribution >= 4 is 0 Å². The van der Waals surface area contributed by atoms with E-state index in [1.807, 2.05) is 0 Å². The van der Waals surface area contributed by atoms with Crippen LogP contribution in [0.2, 0.25) is 0 Å². The Morgan fingerprint density at radius 2 is 1.84 bits per heavy atom. The van der Waals surface area contributed by atoms with Crippen molar-refractivity contribution in [1.29, 1.82) is 0 Å². The molecule has 2 aliphatic carbocycles. The van der Waals surface area contributed by atoms with Crippen molar-refractivity contribution in [2.45, 2.75) is 76.8 Å². The summed E-state index contributed by atoms with van der Waals surface area (Å²) in [7, 11) is 0. The lowest BCUT2D eigenvalue weighted by Gasteiger charge is -2.56. The van der Waals surface area contributed by atoms with Crippen LogP contribution in [-0.4, -0.2) is 29.6 Å². The minimum Gasteiger partial charge on any atom is -0.329 e. The van der Waals surface area contributed by atoms with E-state index in [9.17, 15) is 0 Å². The van der Waals surface area contributed by atoms with Gasteiger partial charge in [-0.2, -0.15) is 0 Å². The molecule has 5 atom stereocenters. The molecule has 2 N–H and O–H groups in total. The lowest BCUT2D eigenvalue weighted by atomic mass is 9.67. The van der Waals surface area contributed by atoms with Gasteiger partial charge in [0.1, 0.15) is 0 Å². The summed E-state index contributed by atoms with van der Waals surface area (Å²) in [4.78, 5) is 2.91. The Bertz CT molecular complexity index is 316. The van der Waals surface area contributed by atoms with Crippen molar-refractivity contribution < 1.29 is 0 Å². The second kappa shape index (κ2) is 5.37. The van der Waals surface area contributed by atoms with Crippen molar-refractivity contribution in [1.82, 2.24) is 4.90 Å². The van der Waals surface area contributed by atoms with E-state index >= 15 is 0 Å². The number of piperidine rings is 1. The third-order valence-corrected chi connectivity index (χ3v) is 6.63. The normalized spacial score (nSPS) is 48.2. The van der Waals surface area contributed by atoms with Crippen LogP contribution in [-0.2, 0) is 0 Å². The Morgan fingerprint density at radius 1 is 1.05 bits per heavy atom. The molecule has 2 saturated carbocycles. The Kier molecular flexibility index (Phi) is 3.92. The van der Waals surface area contributed by atoms with E-state index in [4.69, 9.17) is 5.73 Å². The molecule has 0 amide bonds. The van der Waals surface area contributed by atoms with Crippen molar-refractivity contribution in [3.8, 4) is 0 Å². The van der Waals surface area contributed by atoms with Crippen LogP contribution in [0, 0.1) is 17.8 Å². The van der Waals surface area contributed by atoms with Crippen molar-refractivity contribution in [3.63, 3.8) is 0 Å². The molecule has 19 heavy (non-hydrogen) atoms. The van der Waals surface area contributed by atoms with Crippen molar-refractivity contribution in [3.05, 3.63) is 0 Å². The van der Waals surface area contributed by atoms with E-state index in [2.05, 4.69) is 18.7 Å². The molecule has 2 heteroatoms.